The average Bonchev–Trinajstić information content (AvgIpc) is 3.20. The molecule has 2 bridgehead atoms. The van der Waals surface area contributed by atoms with Crippen molar-refractivity contribution in [3.63, 3.8) is 0 Å². The Morgan fingerprint density at radius 2 is 1.97 bits per heavy atom. The van der Waals surface area contributed by atoms with Gasteiger partial charge in [0.15, 0.2) is 0 Å². The highest BCUT2D eigenvalue weighted by molar-refractivity contribution is 5.77. The molecule has 29 heavy (non-hydrogen) atoms. The Balaban J connectivity index is 1.53. The Labute approximate surface area is 173 Å². The van der Waals surface area contributed by atoms with E-state index in [9.17, 15) is 4.79 Å². The molecule has 1 aromatic carbocycles. The van der Waals surface area contributed by atoms with Crippen LogP contribution in [0.5, 0.6) is 0 Å². The molecule has 156 valence electrons. The van der Waals surface area contributed by atoms with E-state index in [0.29, 0.717) is 25.0 Å². The standard InChI is InChI=1S/C23H33N5O/c1-17-18(14-26(2)25-17)8-11-23(29)28-15-19-6-4-5-7-22(19)24-13-12-20-9-10-21(16-28)27(20)3/h4-7,14,20-21,24H,8-13,15-16H2,1-3H3/t20-,21+/m0/s1. The van der Waals surface area contributed by atoms with Crippen LogP contribution in [-0.4, -0.2) is 57.7 Å². The lowest BCUT2D eigenvalue weighted by Gasteiger charge is -2.31. The number of likely N-dealkylation sites (N-methyl/N-ethyl adjacent to an activating group) is 1. The lowest BCUT2D eigenvalue weighted by atomic mass is 10.1. The Morgan fingerprint density at radius 3 is 2.76 bits per heavy atom. The fraction of sp³-hybridized carbons (Fsp3) is 0.565. The van der Waals surface area contributed by atoms with Gasteiger partial charge in [-0.2, -0.15) is 5.10 Å². The first-order chi connectivity index (χ1) is 14.0. The maximum absolute atomic E-state index is 13.3. The van der Waals surface area contributed by atoms with E-state index in [4.69, 9.17) is 0 Å². The van der Waals surface area contributed by atoms with Gasteiger partial charge < -0.3 is 10.2 Å². The van der Waals surface area contributed by atoms with Crippen molar-refractivity contribution in [3.05, 3.63) is 47.3 Å². The second-order valence-corrected chi connectivity index (χ2v) is 8.61. The zero-order valence-corrected chi connectivity index (χ0v) is 17.9. The summed E-state index contributed by atoms with van der Waals surface area (Å²) in [5.74, 6) is 0.235. The average molecular weight is 396 g/mol. The van der Waals surface area contributed by atoms with Gasteiger partial charge in [-0.3, -0.25) is 14.4 Å². The molecule has 2 aliphatic rings. The predicted molar refractivity (Wildman–Crippen MR) is 116 cm³/mol. The summed E-state index contributed by atoms with van der Waals surface area (Å²) in [6, 6.07) is 9.48. The lowest BCUT2D eigenvalue weighted by Crippen LogP contribution is -2.43. The molecule has 2 atom stereocenters. The van der Waals surface area contributed by atoms with E-state index >= 15 is 0 Å². The highest BCUT2D eigenvalue weighted by Crippen LogP contribution is 2.28. The zero-order chi connectivity index (χ0) is 20.4. The zero-order valence-electron chi connectivity index (χ0n) is 17.9. The number of aromatic nitrogens is 2. The van der Waals surface area contributed by atoms with Gasteiger partial charge in [-0.15, -0.1) is 0 Å². The lowest BCUT2D eigenvalue weighted by molar-refractivity contribution is -0.132. The minimum Gasteiger partial charge on any atom is -0.385 e. The third kappa shape index (κ3) is 4.47. The van der Waals surface area contributed by atoms with Crippen molar-refractivity contribution in [2.24, 2.45) is 7.05 Å². The van der Waals surface area contributed by atoms with Crippen molar-refractivity contribution in [1.29, 1.82) is 0 Å². The van der Waals surface area contributed by atoms with Crippen LogP contribution in [0.1, 0.15) is 42.5 Å². The molecule has 2 aliphatic heterocycles. The van der Waals surface area contributed by atoms with Crippen LogP contribution in [0.25, 0.3) is 0 Å². The molecule has 6 nitrogen and oxygen atoms in total. The molecule has 0 aliphatic carbocycles. The van der Waals surface area contributed by atoms with Crippen LogP contribution in [-0.2, 0) is 24.8 Å². The van der Waals surface area contributed by atoms with Gasteiger partial charge in [-0.25, -0.2) is 0 Å². The molecule has 1 N–H and O–H groups in total. The van der Waals surface area contributed by atoms with Gasteiger partial charge >= 0.3 is 0 Å². The molecule has 3 heterocycles. The van der Waals surface area contributed by atoms with Gasteiger partial charge in [0.2, 0.25) is 5.91 Å². The number of fused-ring (bicyclic) bond motifs is 3. The summed E-state index contributed by atoms with van der Waals surface area (Å²) in [6.07, 6.45) is 6.86. The number of anilines is 1. The maximum Gasteiger partial charge on any atom is 0.223 e. The van der Waals surface area contributed by atoms with E-state index in [1.807, 2.05) is 24.9 Å². The summed E-state index contributed by atoms with van der Waals surface area (Å²) in [4.78, 5) is 17.9. The number of amides is 1. The first-order valence-corrected chi connectivity index (χ1v) is 10.8. The van der Waals surface area contributed by atoms with Gasteiger partial charge in [0.25, 0.3) is 0 Å². The number of carbonyl (C=O) groups is 1. The first kappa shape index (κ1) is 20.0. The molecule has 0 radical (unpaired) electrons. The number of rotatable bonds is 3. The van der Waals surface area contributed by atoms with E-state index in [0.717, 1.165) is 37.3 Å². The molecular formula is C23H33N5O. The van der Waals surface area contributed by atoms with Crippen molar-refractivity contribution >= 4 is 11.6 Å². The van der Waals surface area contributed by atoms with E-state index in [2.05, 4.69) is 51.5 Å². The maximum atomic E-state index is 13.3. The van der Waals surface area contributed by atoms with Crippen LogP contribution in [0, 0.1) is 6.92 Å². The molecule has 4 rings (SSSR count). The van der Waals surface area contributed by atoms with Crippen molar-refractivity contribution in [3.8, 4) is 0 Å². The number of aryl methyl sites for hydroxylation is 3. The molecule has 1 fully saturated rings. The molecule has 0 spiro atoms. The highest BCUT2D eigenvalue weighted by Gasteiger charge is 2.33. The van der Waals surface area contributed by atoms with Crippen LogP contribution in [0.4, 0.5) is 5.69 Å². The summed E-state index contributed by atoms with van der Waals surface area (Å²) in [5.41, 5.74) is 4.55. The largest absolute Gasteiger partial charge is 0.385 e. The Hall–Kier alpha value is -2.34. The Morgan fingerprint density at radius 1 is 1.17 bits per heavy atom. The minimum atomic E-state index is 0.235. The number of hydrogen-bond donors (Lipinski definition) is 1. The number of nitrogens with zero attached hydrogens (tertiary/aromatic N) is 4. The molecule has 0 unspecified atom stereocenters. The van der Waals surface area contributed by atoms with Crippen molar-refractivity contribution in [2.45, 2.75) is 57.7 Å². The summed E-state index contributed by atoms with van der Waals surface area (Å²) >= 11 is 0. The molecule has 2 aromatic rings. The topological polar surface area (TPSA) is 53.4 Å². The van der Waals surface area contributed by atoms with Crippen molar-refractivity contribution in [1.82, 2.24) is 19.6 Å². The van der Waals surface area contributed by atoms with E-state index < -0.39 is 0 Å². The molecule has 1 aromatic heterocycles. The molecule has 0 saturated carbocycles. The van der Waals surface area contributed by atoms with Gasteiger partial charge in [-0.05, 0) is 56.8 Å². The van der Waals surface area contributed by atoms with Gasteiger partial charge in [-0.1, -0.05) is 18.2 Å². The SMILES string of the molecule is Cc1nn(C)cc1CCC(=O)N1Cc2ccccc2NCC[C@@H]2CC[C@H](C1)N2C. The number of para-hydroxylation sites is 1. The summed E-state index contributed by atoms with van der Waals surface area (Å²) < 4.78 is 1.83. The van der Waals surface area contributed by atoms with Gasteiger partial charge in [0.1, 0.15) is 0 Å². The van der Waals surface area contributed by atoms with E-state index in [1.54, 1.807) is 0 Å². The van der Waals surface area contributed by atoms with Crippen LogP contribution >= 0.6 is 0 Å². The highest BCUT2D eigenvalue weighted by atomic mass is 16.2. The first-order valence-electron chi connectivity index (χ1n) is 10.8. The number of benzene rings is 1. The van der Waals surface area contributed by atoms with Crippen LogP contribution in [0.15, 0.2) is 30.5 Å². The van der Waals surface area contributed by atoms with Gasteiger partial charge in [0, 0.05) is 57.1 Å². The fourth-order valence-corrected chi connectivity index (χ4v) is 4.87. The van der Waals surface area contributed by atoms with Crippen LogP contribution < -0.4 is 5.32 Å². The molecule has 1 saturated heterocycles. The molecular weight excluding hydrogens is 362 g/mol. The summed E-state index contributed by atoms with van der Waals surface area (Å²) in [5, 5.41) is 8.03. The van der Waals surface area contributed by atoms with E-state index in [1.165, 1.54) is 24.0 Å². The smallest absolute Gasteiger partial charge is 0.223 e. The number of hydrogen-bond acceptors (Lipinski definition) is 4. The van der Waals surface area contributed by atoms with E-state index in [-0.39, 0.29) is 5.91 Å². The Bertz CT molecular complexity index is 861. The fourth-order valence-electron chi connectivity index (χ4n) is 4.87. The second-order valence-electron chi connectivity index (χ2n) is 8.61. The molecule has 1 amide bonds. The summed E-state index contributed by atoms with van der Waals surface area (Å²) in [7, 11) is 4.16. The monoisotopic (exact) mass is 395 g/mol. The van der Waals surface area contributed by atoms with Crippen molar-refractivity contribution in [2.75, 3.05) is 25.5 Å². The second kappa shape index (κ2) is 8.57. The number of carbonyl (C=O) groups excluding carboxylic acids is 1. The number of nitrogens with one attached hydrogen (secondary N) is 1. The van der Waals surface area contributed by atoms with Gasteiger partial charge in [0.05, 0.1) is 5.69 Å². The minimum absolute atomic E-state index is 0.235. The Kier molecular flexibility index (Phi) is 5.90. The predicted octanol–water partition coefficient (Wildman–Crippen LogP) is 2.97. The third-order valence-electron chi connectivity index (χ3n) is 6.66. The normalized spacial score (nSPS) is 22.7. The third-order valence-corrected chi connectivity index (χ3v) is 6.66. The van der Waals surface area contributed by atoms with Crippen LogP contribution in [0.2, 0.25) is 0 Å². The molecule has 6 heteroatoms. The van der Waals surface area contributed by atoms with Crippen LogP contribution in [0.3, 0.4) is 0 Å². The quantitative estimate of drug-likeness (QED) is 0.868. The van der Waals surface area contributed by atoms with Crippen molar-refractivity contribution < 1.29 is 4.79 Å². The summed E-state index contributed by atoms with van der Waals surface area (Å²) in [6.45, 7) is 4.48.